The standard InChI is InChI=1S/C22H24O3/c1-4-25-21(24)22(3,17(2)15-18-11-7-5-8-12-18)20(23)16-19-13-9-6-10-14-19/h5-15H,4,16H2,1-3H3/b17-15-. The highest BCUT2D eigenvalue weighted by atomic mass is 16.5. The van der Waals surface area contributed by atoms with Gasteiger partial charge >= 0.3 is 5.97 Å². The minimum Gasteiger partial charge on any atom is -0.465 e. The van der Waals surface area contributed by atoms with Crippen LogP contribution in [0.1, 0.15) is 31.9 Å². The summed E-state index contributed by atoms with van der Waals surface area (Å²) in [7, 11) is 0. The predicted molar refractivity (Wildman–Crippen MR) is 100.0 cm³/mol. The maximum atomic E-state index is 13.0. The van der Waals surface area contributed by atoms with E-state index >= 15 is 0 Å². The SMILES string of the molecule is CCOC(=O)C(C)(C(=O)Cc1ccccc1)/C(C)=C\c1ccccc1. The summed E-state index contributed by atoms with van der Waals surface area (Å²) >= 11 is 0. The normalized spacial score (nSPS) is 13.8. The molecule has 2 rings (SSSR count). The molecule has 0 saturated heterocycles. The molecule has 0 amide bonds. The summed E-state index contributed by atoms with van der Waals surface area (Å²) in [6.45, 7) is 5.46. The summed E-state index contributed by atoms with van der Waals surface area (Å²) in [5.74, 6) is -0.664. The van der Waals surface area contributed by atoms with Gasteiger partial charge in [-0.15, -0.1) is 0 Å². The smallest absolute Gasteiger partial charge is 0.323 e. The molecule has 0 spiro atoms. The Hall–Kier alpha value is -2.68. The molecular formula is C22H24O3. The second-order valence-corrected chi connectivity index (χ2v) is 6.17. The second-order valence-electron chi connectivity index (χ2n) is 6.17. The lowest BCUT2D eigenvalue weighted by Gasteiger charge is -2.27. The van der Waals surface area contributed by atoms with E-state index in [0.717, 1.165) is 11.1 Å². The van der Waals surface area contributed by atoms with Gasteiger partial charge < -0.3 is 4.74 Å². The Morgan fingerprint density at radius 2 is 1.56 bits per heavy atom. The van der Waals surface area contributed by atoms with E-state index < -0.39 is 11.4 Å². The number of hydrogen-bond donors (Lipinski definition) is 0. The van der Waals surface area contributed by atoms with Crippen molar-refractivity contribution in [2.75, 3.05) is 6.61 Å². The van der Waals surface area contributed by atoms with Crippen molar-refractivity contribution < 1.29 is 14.3 Å². The zero-order valence-electron chi connectivity index (χ0n) is 15.0. The van der Waals surface area contributed by atoms with Crippen LogP contribution in [0.15, 0.2) is 66.2 Å². The molecule has 0 aliphatic heterocycles. The summed E-state index contributed by atoms with van der Waals surface area (Å²) < 4.78 is 5.22. The minimum atomic E-state index is -1.30. The minimum absolute atomic E-state index is 0.165. The van der Waals surface area contributed by atoms with E-state index in [0.29, 0.717) is 5.57 Å². The van der Waals surface area contributed by atoms with E-state index in [1.54, 1.807) is 13.8 Å². The molecule has 0 N–H and O–H groups in total. The van der Waals surface area contributed by atoms with Gasteiger partial charge in [-0.3, -0.25) is 9.59 Å². The van der Waals surface area contributed by atoms with E-state index in [1.807, 2.05) is 73.7 Å². The van der Waals surface area contributed by atoms with Crippen LogP contribution in [0.3, 0.4) is 0 Å². The first-order valence-corrected chi connectivity index (χ1v) is 8.46. The topological polar surface area (TPSA) is 43.4 Å². The van der Waals surface area contributed by atoms with Crippen molar-refractivity contribution >= 4 is 17.8 Å². The number of rotatable bonds is 7. The molecule has 0 saturated carbocycles. The summed E-state index contributed by atoms with van der Waals surface area (Å²) in [6, 6.07) is 19.1. The number of carbonyl (C=O) groups is 2. The van der Waals surface area contributed by atoms with Crippen molar-refractivity contribution in [1.29, 1.82) is 0 Å². The Morgan fingerprint density at radius 3 is 2.12 bits per heavy atom. The molecule has 0 aliphatic carbocycles. The molecule has 1 unspecified atom stereocenters. The zero-order chi connectivity index (χ0) is 18.3. The maximum Gasteiger partial charge on any atom is 0.323 e. The molecule has 3 nitrogen and oxygen atoms in total. The van der Waals surface area contributed by atoms with E-state index in [2.05, 4.69) is 0 Å². The number of benzene rings is 2. The molecule has 3 heteroatoms. The summed E-state index contributed by atoms with van der Waals surface area (Å²) in [6.07, 6.45) is 2.07. The van der Waals surface area contributed by atoms with Crippen molar-refractivity contribution in [2.24, 2.45) is 5.41 Å². The first-order valence-electron chi connectivity index (χ1n) is 8.46. The van der Waals surface area contributed by atoms with Crippen LogP contribution < -0.4 is 0 Å². The van der Waals surface area contributed by atoms with Crippen molar-refractivity contribution in [3.63, 3.8) is 0 Å². The van der Waals surface area contributed by atoms with Gasteiger partial charge in [-0.2, -0.15) is 0 Å². The van der Waals surface area contributed by atoms with Gasteiger partial charge in [0.15, 0.2) is 5.78 Å². The predicted octanol–water partition coefficient (Wildman–Crippen LogP) is 4.47. The van der Waals surface area contributed by atoms with Gasteiger partial charge in [-0.05, 0) is 37.5 Å². The molecule has 0 bridgehead atoms. The Morgan fingerprint density at radius 1 is 1.00 bits per heavy atom. The van der Waals surface area contributed by atoms with Gasteiger partial charge in [0.1, 0.15) is 5.41 Å². The second kappa shape index (κ2) is 8.43. The van der Waals surface area contributed by atoms with Crippen LogP contribution in [0.2, 0.25) is 0 Å². The largest absolute Gasteiger partial charge is 0.465 e. The van der Waals surface area contributed by atoms with E-state index in [9.17, 15) is 9.59 Å². The van der Waals surface area contributed by atoms with Crippen LogP contribution in [0.5, 0.6) is 0 Å². The van der Waals surface area contributed by atoms with E-state index in [-0.39, 0.29) is 18.8 Å². The monoisotopic (exact) mass is 336 g/mol. The molecule has 2 aromatic carbocycles. The fourth-order valence-electron chi connectivity index (χ4n) is 2.67. The molecule has 0 radical (unpaired) electrons. The molecule has 130 valence electrons. The van der Waals surface area contributed by atoms with Gasteiger partial charge in [-0.1, -0.05) is 66.7 Å². The molecular weight excluding hydrogens is 312 g/mol. The van der Waals surface area contributed by atoms with E-state index in [1.165, 1.54) is 0 Å². The molecule has 25 heavy (non-hydrogen) atoms. The highest BCUT2D eigenvalue weighted by Crippen LogP contribution is 2.32. The van der Waals surface area contributed by atoms with Gasteiger partial charge in [0, 0.05) is 6.42 Å². The zero-order valence-corrected chi connectivity index (χ0v) is 15.0. The Balaban J connectivity index is 2.37. The quantitative estimate of drug-likeness (QED) is 0.553. The third kappa shape index (κ3) is 4.44. The lowest BCUT2D eigenvalue weighted by atomic mass is 9.76. The average molecular weight is 336 g/mol. The number of Topliss-reactive ketones (excluding diaryl/α,β-unsaturated/α-hetero) is 1. The molecule has 0 aromatic heterocycles. The van der Waals surface area contributed by atoms with Crippen LogP contribution >= 0.6 is 0 Å². The number of esters is 1. The maximum absolute atomic E-state index is 13.0. The fraction of sp³-hybridized carbons (Fsp3) is 0.273. The molecule has 2 aromatic rings. The molecule has 0 heterocycles. The molecule has 1 atom stereocenters. The van der Waals surface area contributed by atoms with Crippen LogP contribution in [0.4, 0.5) is 0 Å². The first-order chi connectivity index (χ1) is 12.0. The Bertz CT molecular complexity index is 747. The van der Waals surface area contributed by atoms with Crippen LogP contribution in [0, 0.1) is 5.41 Å². The van der Waals surface area contributed by atoms with Gasteiger partial charge in [-0.25, -0.2) is 0 Å². The molecule has 0 fully saturated rings. The van der Waals surface area contributed by atoms with Crippen molar-refractivity contribution in [3.05, 3.63) is 77.4 Å². The van der Waals surface area contributed by atoms with Crippen molar-refractivity contribution in [1.82, 2.24) is 0 Å². The summed E-state index contributed by atoms with van der Waals surface area (Å²) in [5.41, 5.74) is 1.21. The van der Waals surface area contributed by atoms with E-state index in [4.69, 9.17) is 4.74 Å². The highest BCUT2D eigenvalue weighted by Gasteiger charge is 2.43. The fourth-order valence-corrected chi connectivity index (χ4v) is 2.67. The summed E-state index contributed by atoms with van der Waals surface area (Å²) in [4.78, 5) is 25.7. The van der Waals surface area contributed by atoms with Crippen molar-refractivity contribution in [3.8, 4) is 0 Å². The van der Waals surface area contributed by atoms with Crippen LogP contribution in [0.25, 0.3) is 6.08 Å². The van der Waals surface area contributed by atoms with Gasteiger partial charge in [0.05, 0.1) is 6.61 Å². The lowest BCUT2D eigenvalue weighted by molar-refractivity contribution is -0.156. The third-order valence-corrected chi connectivity index (χ3v) is 4.42. The Kier molecular flexibility index (Phi) is 6.29. The first kappa shape index (κ1) is 18.7. The van der Waals surface area contributed by atoms with Gasteiger partial charge in [0.25, 0.3) is 0 Å². The average Bonchev–Trinajstić information content (AvgIpc) is 2.62. The molecule has 0 aliphatic rings. The number of hydrogen-bond acceptors (Lipinski definition) is 3. The van der Waals surface area contributed by atoms with Gasteiger partial charge in [0.2, 0.25) is 0 Å². The van der Waals surface area contributed by atoms with Crippen LogP contribution in [-0.2, 0) is 20.7 Å². The number of carbonyl (C=O) groups excluding carboxylic acids is 2. The third-order valence-electron chi connectivity index (χ3n) is 4.42. The van der Waals surface area contributed by atoms with Crippen LogP contribution in [-0.4, -0.2) is 18.4 Å². The van der Waals surface area contributed by atoms with Crippen molar-refractivity contribution in [2.45, 2.75) is 27.2 Å². The number of ether oxygens (including phenoxy) is 1. The summed E-state index contributed by atoms with van der Waals surface area (Å²) in [5, 5.41) is 0. The Labute approximate surface area is 149 Å². The number of ketones is 1. The lowest BCUT2D eigenvalue weighted by Crippen LogP contribution is -2.40. The highest BCUT2D eigenvalue weighted by molar-refractivity contribution is 6.08.